The molecule has 4 rings (SSSR count). The van der Waals surface area contributed by atoms with Gasteiger partial charge >= 0.3 is 0 Å². The Kier molecular flexibility index (Phi) is 6.00. The standard InChI is InChI=1S/C23H31N5O/c1-18-4-3-9-28(17-18)22-14-19(15-24-16-22)23(29)25-20-5-7-21(8-6-20)27-12-10-26(2)11-13-27/h5-8,14-16,18H,3-4,9-13,17H2,1-2H3,(H,25,29). The van der Waals surface area contributed by atoms with Crippen molar-refractivity contribution in [2.24, 2.45) is 5.92 Å². The summed E-state index contributed by atoms with van der Waals surface area (Å²) in [5.41, 5.74) is 3.65. The van der Waals surface area contributed by atoms with Crippen LogP contribution >= 0.6 is 0 Å². The minimum Gasteiger partial charge on any atom is -0.370 e. The lowest BCUT2D eigenvalue weighted by molar-refractivity contribution is 0.102. The van der Waals surface area contributed by atoms with Crippen molar-refractivity contribution in [3.63, 3.8) is 0 Å². The first-order chi connectivity index (χ1) is 14.1. The number of carbonyl (C=O) groups excluding carboxylic acids is 1. The van der Waals surface area contributed by atoms with Gasteiger partial charge in [-0.3, -0.25) is 9.78 Å². The zero-order valence-electron chi connectivity index (χ0n) is 17.5. The molecule has 1 aromatic carbocycles. The van der Waals surface area contributed by atoms with E-state index in [0.717, 1.165) is 50.6 Å². The van der Waals surface area contributed by atoms with Crippen LogP contribution in [0.15, 0.2) is 42.7 Å². The van der Waals surface area contributed by atoms with E-state index in [-0.39, 0.29) is 5.91 Å². The maximum Gasteiger partial charge on any atom is 0.257 e. The fourth-order valence-corrected chi connectivity index (χ4v) is 4.17. The van der Waals surface area contributed by atoms with Crippen LogP contribution in [0.25, 0.3) is 0 Å². The van der Waals surface area contributed by atoms with E-state index in [2.05, 4.69) is 51.1 Å². The first-order valence-corrected chi connectivity index (χ1v) is 10.6. The molecule has 154 valence electrons. The molecule has 2 aliphatic heterocycles. The number of hydrogen-bond acceptors (Lipinski definition) is 5. The molecule has 1 N–H and O–H groups in total. The molecule has 29 heavy (non-hydrogen) atoms. The van der Waals surface area contributed by atoms with Gasteiger partial charge < -0.3 is 20.0 Å². The average molecular weight is 394 g/mol. The lowest BCUT2D eigenvalue weighted by atomic mass is 10.00. The van der Waals surface area contributed by atoms with Gasteiger partial charge in [-0.05, 0) is 56.1 Å². The second-order valence-corrected chi connectivity index (χ2v) is 8.42. The molecule has 1 unspecified atom stereocenters. The molecular formula is C23H31N5O. The number of likely N-dealkylation sites (N-methyl/N-ethyl adjacent to an activating group) is 1. The summed E-state index contributed by atoms with van der Waals surface area (Å²) >= 11 is 0. The fraction of sp³-hybridized carbons (Fsp3) is 0.478. The summed E-state index contributed by atoms with van der Waals surface area (Å²) in [4.78, 5) is 24.1. The summed E-state index contributed by atoms with van der Waals surface area (Å²) in [6.07, 6.45) is 5.97. The van der Waals surface area contributed by atoms with Gasteiger partial charge in [-0.2, -0.15) is 0 Å². The van der Waals surface area contributed by atoms with Gasteiger partial charge in [0.25, 0.3) is 5.91 Å². The smallest absolute Gasteiger partial charge is 0.257 e. The Morgan fingerprint density at radius 1 is 1.00 bits per heavy atom. The second kappa shape index (κ2) is 8.82. The van der Waals surface area contributed by atoms with Crippen LogP contribution in [0.5, 0.6) is 0 Å². The Morgan fingerprint density at radius 3 is 2.48 bits per heavy atom. The highest BCUT2D eigenvalue weighted by Crippen LogP contribution is 2.24. The third-order valence-electron chi connectivity index (χ3n) is 6.00. The number of anilines is 3. The molecule has 1 amide bonds. The van der Waals surface area contributed by atoms with Crippen molar-refractivity contribution in [2.45, 2.75) is 19.8 Å². The topological polar surface area (TPSA) is 51.7 Å². The minimum atomic E-state index is -0.114. The molecule has 0 saturated carbocycles. The molecule has 0 aliphatic carbocycles. The second-order valence-electron chi connectivity index (χ2n) is 8.42. The van der Waals surface area contributed by atoms with Gasteiger partial charge in [-0.25, -0.2) is 0 Å². The van der Waals surface area contributed by atoms with Crippen molar-refractivity contribution >= 4 is 23.0 Å². The van der Waals surface area contributed by atoms with Crippen LogP contribution in [-0.4, -0.2) is 62.1 Å². The van der Waals surface area contributed by atoms with Crippen molar-refractivity contribution in [1.82, 2.24) is 9.88 Å². The number of nitrogens with one attached hydrogen (secondary N) is 1. The maximum absolute atomic E-state index is 12.8. The predicted octanol–water partition coefficient (Wildman–Crippen LogP) is 3.32. The van der Waals surface area contributed by atoms with Crippen LogP contribution in [0, 0.1) is 5.92 Å². The normalized spacial score (nSPS) is 20.6. The van der Waals surface area contributed by atoms with E-state index >= 15 is 0 Å². The lowest BCUT2D eigenvalue weighted by Gasteiger charge is -2.34. The summed E-state index contributed by atoms with van der Waals surface area (Å²) in [5, 5.41) is 3.01. The molecule has 1 atom stereocenters. The number of aromatic nitrogens is 1. The van der Waals surface area contributed by atoms with E-state index in [0.29, 0.717) is 11.5 Å². The van der Waals surface area contributed by atoms with Gasteiger partial charge in [-0.15, -0.1) is 0 Å². The highest BCUT2D eigenvalue weighted by atomic mass is 16.1. The largest absolute Gasteiger partial charge is 0.370 e. The SMILES string of the molecule is CC1CCCN(c2cncc(C(=O)Nc3ccc(N4CCN(C)CC4)cc3)c2)C1. The summed E-state index contributed by atoms with van der Waals surface area (Å²) < 4.78 is 0. The summed E-state index contributed by atoms with van der Waals surface area (Å²) in [6, 6.07) is 10.1. The highest BCUT2D eigenvalue weighted by molar-refractivity contribution is 6.04. The first kappa shape index (κ1) is 19.7. The number of amides is 1. The average Bonchev–Trinajstić information content (AvgIpc) is 2.75. The van der Waals surface area contributed by atoms with E-state index in [1.165, 1.54) is 18.5 Å². The van der Waals surface area contributed by atoms with Gasteiger partial charge in [0.05, 0.1) is 17.4 Å². The van der Waals surface area contributed by atoms with Crippen LogP contribution in [0.2, 0.25) is 0 Å². The first-order valence-electron chi connectivity index (χ1n) is 10.6. The number of pyridine rings is 1. The molecule has 2 saturated heterocycles. The Balaban J connectivity index is 1.39. The highest BCUT2D eigenvalue weighted by Gasteiger charge is 2.18. The molecular weight excluding hydrogens is 362 g/mol. The van der Waals surface area contributed by atoms with E-state index in [9.17, 15) is 4.79 Å². The number of benzene rings is 1. The molecule has 0 bridgehead atoms. The number of piperidine rings is 1. The van der Waals surface area contributed by atoms with E-state index < -0.39 is 0 Å². The van der Waals surface area contributed by atoms with Gasteiger partial charge in [0.15, 0.2) is 0 Å². The van der Waals surface area contributed by atoms with E-state index in [1.54, 1.807) is 6.20 Å². The van der Waals surface area contributed by atoms with Crippen LogP contribution in [-0.2, 0) is 0 Å². The van der Waals surface area contributed by atoms with Gasteiger partial charge in [-0.1, -0.05) is 6.92 Å². The quantitative estimate of drug-likeness (QED) is 0.864. The van der Waals surface area contributed by atoms with Gasteiger partial charge in [0.1, 0.15) is 0 Å². The fourth-order valence-electron chi connectivity index (χ4n) is 4.17. The molecule has 6 heteroatoms. The van der Waals surface area contributed by atoms with Crippen molar-refractivity contribution in [1.29, 1.82) is 0 Å². The Morgan fingerprint density at radius 2 is 1.76 bits per heavy atom. The zero-order valence-corrected chi connectivity index (χ0v) is 17.5. The molecule has 2 fully saturated rings. The number of rotatable bonds is 4. The summed E-state index contributed by atoms with van der Waals surface area (Å²) in [5.74, 6) is 0.566. The number of hydrogen-bond donors (Lipinski definition) is 1. The number of nitrogens with zero attached hydrogens (tertiary/aromatic N) is 4. The molecule has 3 heterocycles. The van der Waals surface area contributed by atoms with E-state index in [1.807, 2.05) is 24.4 Å². The predicted molar refractivity (Wildman–Crippen MR) is 119 cm³/mol. The number of carbonyl (C=O) groups is 1. The van der Waals surface area contributed by atoms with Crippen LogP contribution in [0.1, 0.15) is 30.1 Å². The zero-order chi connectivity index (χ0) is 20.2. The van der Waals surface area contributed by atoms with Crippen LogP contribution in [0.4, 0.5) is 17.1 Å². The van der Waals surface area contributed by atoms with Crippen LogP contribution < -0.4 is 15.1 Å². The van der Waals surface area contributed by atoms with Gasteiger partial charge in [0, 0.05) is 56.8 Å². The Hall–Kier alpha value is -2.60. The van der Waals surface area contributed by atoms with Gasteiger partial charge in [0.2, 0.25) is 0 Å². The molecule has 0 radical (unpaired) electrons. The summed E-state index contributed by atoms with van der Waals surface area (Å²) in [6.45, 7) is 8.58. The molecule has 6 nitrogen and oxygen atoms in total. The van der Waals surface area contributed by atoms with Crippen molar-refractivity contribution in [2.75, 3.05) is 61.4 Å². The molecule has 0 spiro atoms. The molecule has 1 aromatic heterocycles. The Labute approximate surface area is 173 Å². The van der Waals surface area contributed by atoms with E-state index in [4.69, 9.17) is 0 Å². The van der Waals surface area contributed by atoms with Crippen molar-refractivity contribution in [3.8, 4) is 0 Å². The molecule has 2 aromatic rings. The third-order valence-corrected chi connectivity index (χ3v) is 6.00. The van der Waals surface area contributed by atoms with Crippen molar-refractivity contribution in [3.05, 3.63) is 48.3 Å². The maximum atomic E-state index is 12.8. The number of piperazine rings is 1. The lowest BCUT2D eigenvalue weighted by Crippen LogP contribution is -2.44. The third kappa shape index (κ3) is 4.88. The Bertz CT molecular complexity index is 829. The summed E-state index contributed by atoms with van der Waals surface area (Å²) in [7, 11) is 2.16. The van der Waals surface area contributed by atoms with Crippen molar-refractivity contribution < 1.29 is 4.79 Å². The minimum absolute atomic E-state index is 0.114. The van der Waals surface area contributed by atoms with Crippen LogP contribution in [0.3, 0.4) is 0 Å². The molecule has 2 aliphatic rings. The monoisotopic (exact) mass is 393 g/mol.